The minimum Gasteiger partial charge on any atom is -0.338 e. The fourth-order valence-corrected chi connectivity index (χ4v) is 2.09. The van der Waals surface area contributed by atoms with Gasteiger partial charge in [0.1, 0.15) is 0 Å². The molecule has 2 rings (SSSR count). The van der Waals surface area contributed by atoms with E-state index in [-0.39, 0.29) is 0 Å². The van der Waals surface area contributed by atoms with Gasteiger partial charge in [0.25, 0.3) is 0 Å². The molecule has 0 aliphatic rings. The summed E-state index contributed by atoms with van der Waals surface area (Å²) in [5.41, 5.74) is 0.971. The third-order valence-corrected chi connectivity index (χ3v) is 3.07. The lowest BCUT2D eigenvalue weighted by molar-refractivity contribution is 0.432. The van der Waals surface area contributed by atoms with Gasteiger partial charge in [-0.2, -0.15) is 4.98 Å². The molecular weight excluding hydrogens is 234 g/mol. The highest BCUT2D eigenvalue weighted by atomic mass is 32.2. The average molecular weight is 249 g/mol. The monoisotopic (exact) mass is 249 g/mol. The van der Waals surface area contributed by atoms with Crippen molar-refractivity contribution in [3.63, 3.8) is 0 Å². The van der Waals surface area contributed by atoms with Gasteiger partial charge < -0.3 is 9.84 Å². The van der Waals surface area contributed by atoms with E-state index in [1.54, 1.807) is 0 Å². The van der Waals surface area contributed by atoms with E-state index in [2.05, 4.69) is 34.5 Å². The van der Waals surface area contributed by atoms with E-state index in [0.717, 1.165) is 17.9 Å². The van der Waals surface area contributed by atoms with Crippen LogP contribution in [0.1, 0.15) is 13.8 Å². The standard InChI is InChI=1S/C12H15N3OS/c1-3-13-12-14-11(15-16-12)9-5-7-10(8-6-9)17-4-2/h5-8H,3-4H2,1-2H3,(H,13,14,15). The summed E-state index contributed by atoms with van der Waals surface area (Å²) in [6.45, 7) is 4.90. The normalized spacial score (nSPS) is 10.5. The first-order valence-corrected chi connectivity index (χ1v) is 6.63. The molecule has 0 spiro atoms. The highest BCUT2D eigenvalue weighted by Gasteiger charge is 2.07. The Hall–Kier alpha value is -1.49. The molecule has 17 heavy (non-hydrogen) atoms. The molecule has 0 saturated heterocycles. The quantitative estimate of drug-likeness (QED) is 0.824. The van der Waals surface area contributed by atoms with Gasteiger partial charge in [-0.3, -0.25) is 0 Å². The lowest BCUT2D eigenvalue weighted by atomic mass is 10.2. The fraction of sp³-hybridized carbons (Fsp3) is 0.333. The van der Waals surface area contributed by atoms with Crippen LogP contribution in [0.25, 0.3) is 11.4 Å². The number of thioether (sulfide) groups is 1. The van der Waals surface area contributed by atoms with Gasteiger partial charge in [0, 0.05) is 17.0 Å². The van der Waals surface area contributed by atoms with Gasteiger partial charge in [-0.15, -0.1) is 11.8 Å². The second-order valence-electron chi connectivity index (χ2n) is 3.41. The van der Waals surface area contributed by atoms with Crippen LogP contribution in [0, 0.1) is 0 Å². The summed E-state index contributed by atoms with van der Waals surface area (Å²) in [7, 11) is 0. The second kappa shape index (κ2) is 5.72. The smallest absolute Gasteiger partial charge is 0.321 e. The maximum atomic E-state index is 5.06. The summed E-state index contributed by atoms with van der Waals surface area (Å²) in [5.74, 6) is 1.69. The number of hydrogen-bond donors (Lipinski definition) is 1. The number of aromatic nitrogens is 2. The van der Waals surface area contributed by atoms with Crippen LogP contribution >= 0.6 is 11.8 Å². The Bertz CT molecular complexity index is 467. The van der Waals surface area contributed by atoms with Crippen LogP contribution in [0.5, 0.6) is 0 Å². The Labute approximate surface area is 105 Å². The Balaban J connectivity index is 2.15. The molecule has 0 radical (unpaired) electrons. The van der Waals surface area contributed by atoms with E-state index >= 15 is 0 Å². The minimum absolute atomic E-state index is 0.467. The molecule has 0 saturated carbocycles. The molecule has 90 valence electrons. The van der Waals surface area contributed by atoms with E-state index in [0.29, 0.717) is 11.8 Å². The largest absolute Gasteiger partial charge is 0.338 e. The summed E-state index contributed by atoms with van der Waals surface area (Å²) in [6.07, 6.45) is 0. The number of hydrogen-bond acceptors (Lipinski definition) is 5. The molecule has 0 amide bonds. The van der Waals surface area contributed by atoms with Gasteiger partial charge in [-0.05, 0) is 36.9 Å². The van der Waals surface area contributed by atoms with Crippen LogP contribution < -0.4 is 5.32 Å². The van der Waals surface area contributed by atoms with E-state index in [9.17, 15) is 0 Å². The van der Waals surface area contributed by atoms with Crippen LogP contribution in [0.3, 0.4) is 0 Å². The third kappa shape index (κ3) is 3.00. The maximum Gasteiger partial charge on any atom is 0.321 e. The summed E-state index contributed by atoms with van der Waals surface area (Å²) in [5, 5.41) is 6.91. The van der Waals surface area contributed by atoms with Gasteiger partial charge in [0.2, 0.25) is 5.82 Å². The fourth-order valence-electron chi connectivity index (χ4n) is 1.43. The van der Waals surface area contributed by atoms with Gasteiger partial charge in [-0.1, -0.05) is 12.1 Å². The molecule has 0 aliphatic carbocycles. The lowest BCUT2D eigenvalue weighted by Gasteiger charge is -1.98. The molecule has 0 atom stereocenters. The molecule has 4 nitrogen and oxygen atoms in total. The molecule has 1 aromatic heterocycles. The first-order valence-electron chi connectivity index (χ1n) is 5.64. The number of nitrogens with one attached hydrogen (secondary N) is 1. The minimum atomic E-state index is 0.467. The van der Waals surface area contributed by atoms with Crippen molar-refractivity contribution in [2.75, 3.05) is 17.6 Å². The maximum absolute atomic E-state index is 5.06. The number of benzene rings is 1. The summed E-state index contributed by atoms with van der Waals surface area (Å²) in [6, 6.07) is 8.64. The van der Waals surface area contributed by atoms with Crippen molar-refractivity contribution in [2.24, 2.45) is 0 Å². The molecular formula is C12H15N3OS. The van der Waals surface area contributed by atoms with Gasteiger partial charge in [0.05, 0.1) is 0 Å². The van der Waals surface area contributed by atoms with E-state index < -0.39 is 0 Å². The number of rotatable bonds is 5. The van der Waals surface area contributed by atoms with Crippen LogP contribution in [-0.2, 0) is 0 Å². The van der Waals surface area contributed by atoms with Crippen molar-refractivity contribution < 1.29 is 4.52 Å². The van der Waals surface area contributed by atoms with E-state index in [1.807, 2.05) is 30.8 Å². The SMILES string of the molecule is CCNc1nc(-c2ccc(SCC)cc2)no1. The molecule has 0 fully saturated rings. The van der Waals surface area contributed by atoms with Crippen molar-refractivity contribution in [3.05, 3.63) is 24.3 Å². The molecule has 0 unspecified atom stereocenters. The molecule has 1 heterocycles. The van der Waals surface area contributed by atoms with Crippen molar-refractivity contribution >= 4 is 17.8 Å². The highest BCUT2D eigenvalue weighted by Crippen LogP contribution is 2.22. The predicted octanol–water partition coefficient (Wildman–Crippen LogP) is 3.28. The predicted molar refractivity (Wildman–Crippen MR) is 70.3 cm³/mol. The van der Waals surface area contributed by atoms with E-state index in [4.69, 9.17) is 4.52 Å². The van der Waals surface area contributed by atoms with Crippen molar-refractivity contribution in [3.8, 4) is 11.4 Å². The van der Waals surface area contributed by atoms with Crippen LogP contribution in [0.15, 0.2) is 33.7 Å². The Kier molecular flexibility index (Phi) is 4.03. The topological polar surface area (TPSA) is 51.0 Å². The molecule has 2 aromatic rings. The summed E-state index contributed by atoms with van der Waals surface area (Å²) < 4.78 is 5.06. The first-order chi connectivity index (χ1) is 8.33. The molecule has 0 bridgehead atoms. The van der Waals surface area contributed by atoms with Crippen LogP contribution in [0.4, 0.5) is 6.01 Å². The van der Waals surface area contributed by atoms with Gasteiger partial charge in [-0.25, -0.2) is 0 Å². The molecule has 1 aromatic carbocycles. The first kappa shape index (κ1) is 12.0. The van der Waals surface area contributed by atoms with Crippen molar-refractivity contribution in [1.82, 2.24) is 10.1 Å². The van der Waals surface area contributed by atoms with Crippen LogP contribution in [-0.4, -0.2) is 22.4 Å². The number of anilines is 1. The number of nitrogens with zero attached hydrogens (tertiary/aromatic N) is 2. The highest BCUT2D eigenvalue weighted by molar-refractivity contribution is 7.99. The second-order valence-corrected chi connectivity index (χ2v) is 4.75. The Morgan fingerprint density at radius 2 is 2.00 bits per heavy atom. The van der Waals surface area contributed by atoms with Crippen LogP contribution in [0.2, 0.25) is 0 Å². The zero-order valence-electron chi connectivity index (χ0n) is 9.93. The van der Waals surface area contributed by atoms with Crippen molar-refractivity contribution in [1.29, 1.82) is 0 Å². The molecule has 0 aliphatic heterocycles. The average Bonchev–Trinajstić information content (AvgIpc) is 2.80. The molecule has 5 heteroatoms. The summed E-state index contributed by atoms with van der Waals surface area (Å²) in [4.78, 5) is 5.51. The summed E-state index contributed by atoms with van der Waals surface area (Å²) >= 11 is 1.82. The zero-order valence-corrected chi connectivity index (χ0v) is 10.8. The lowest BCUT2D eigenvalue weighted by Crippen LogP contribution is -1.95. The van der Waals surface area contributed by atoms with Gasteiger partial charge in [0.15, 0.2) is 0 Å². The third-order valence-electron chi connectivity index (χ3n) is 2.18. The Morgan fingerprint density at radius 1 is 1.24 bits per heavy atom. The van der Waals surface area contributed by atoms with Gasteiger partial charge >= 0.3 is 6.01 Å². The Morgan fingerprint density at radius 3 is 2.65 bits per heavy atom. The van der Waals surface area contributed by atoms with Crippen molar-refractivity contribution in [2.45, 2.75) is 18.7 Å². The molecule has 1 N–H and O–H groups in total. The van der Waals surface area contributed by atoms with E-state index in [1.165, 1.54) is 4.90 Å². The zero-order chi connectivity index (χ0) is 12.1.